The zero-order valence-electron chi connectivity index (χ0n) is 10.3. The number of halogens is 2. The molecule has 1 heterocycles. The van der Waals surface area contributed by atoms with Crippen LogP contribution in [0.2, 0.25) is 10.0 Å². The fraction of sp³-hybridized carbons (Fsp3) is 0. The third-order valence-electron chi connectivity index (χ3n) is 2.95. The second-order valence-corrected chi connectivity index (χ2v) is 5.09. The van der Waals surface area contributed by atoms with Crippen LogP contribution in [0.5, 0.6) is 5.75 Å². The molecule has 5 heteroatoms. The van der Waals surface area contributed by atoms with E-state index in [0.29, 0.717) is 21.4 Å². The number of rotatable bonds is 2. The van der Waals surface area contributed by atoms with Gasteiger partial charge in [0.05, 0.1) is 16.9 Å². The Hall–Kier alpha value is -1.97. The molecule has 100 valence electrons. The molecule has 3 rings (SSSR count). The molecule has 1 N–H and O–H groups in total. The SMILES string of the molecule is Oc1cnn(-c2ccccc2Cl)c1-c1ccc(Cl)cc1. The zero-order valence-corrected chi connectivity index (χ0v) is 11.8. The average Bonchev–Trinajstić information content (AvgIpc) is 2.82. The van der Waals surface area contributed by atoms with Crippen LogP contribution in [0, 0.1) is 0 Å². The molecule has 0 aliphatic carbocycles. The van der Waals surface area contributed by atoms with Gasteiger partial charge < -0.3 is 5.11 Å². The maximum atomic E-state index is 10.0. The lowest BCUT2D eigenvalue weighted by atomic mass is 10.1. The van der Waals surface area contributed by atoms with Crippen molar-refractivity contribution >= 4 is 23.2 Å². The molecule has 3 aromatic rings. The molecule has 0 aliphatic rings. The van der Waals surface area contributed by atoms with Crippen LogP contribution in [0.3, 0.4) is 0 Å². The number of aromatic hydroxyl groups is 1. The summed E-state index contributed by atoms with van der Waals surface area (Å²) in [5.74, 6) is 0.0900. The van der Waals surface area contributed by atoms with Crippen LogP contribution >= 0.6 is 23.2 Å². The van der Waals surface area contributed by atoms with Crippen LogP contribution in [0.1, 0.15) is 0 Å². The first-order valence-corrected chi connectivity index (χ1v) is 6.70. The minimum absolute atomic E-state index is 0.0900. The van der Waals surface area contributed by atoms with Crippen molar-refractivity contribution < 1.29 is 5.11 Å². The second kappa shape index (κ2) is 5.19. The van der Waals surface area contributed by atoms with Gasteiger partial charge in [-0.2, -0.15) is 5.10 Å². The molecular weight excluding hydrogens is 295 g/mol. The normalized spacial score (nSPS) is 10.7. The second-order valence-electron chi connectivity index (χ2n) is 4.25. The molecule has 20 heavy (non-hydrogen) atoms. The lowest BCUT2D eigenvalue weighted by Gasteiger charge is -2.09. The largest absolute Gasteiger partial charge is 0.504 e. The van der Waals surface area contributed by atoms with E-state index in [0.717, 1.165) is 5.56 Å². The van der Waals surface area contributed by atoms with Gasteiger partial charge in [-0.1, -0.05) is 47.5 Å². The van der Waals surface area contributed by atoms with E-state index in [1.54, 1.807) is 22.9 Å². The summed E-state index contributed by atoms with van der Waals surface area (Å²) in [6.07, 6.45) is 1.40. The number of hydrogen-bond acceptors (Lipinski definition) is 2. The van der Waals surface area contributed by atoms with Crippen LogP contribution in [-0.4, -0.2) is 14.9 Å². The van der Waals surface area contributed by atoms with Gasteiger partial charge in [-0.05, 0) is 24.3 Å². The van der Waals surface area contributed by atoms with E-state index >= 15 is 0 Å². The summed E-state index contributed by atoms with van der Waals surface area (Å²) in [5.41, 5.74) is 2.10. The topological polar surface area (TPSA) is 38.1 Å². The predicted octanol–water partition coefficient (Wildman–Crippen LogP) is 4.55. The summed E-state index contributed by atoms with van der Waals surface area (Å²) in [5, 5.41) is 15.4. The molecule has 0 radical (unpaired) electrons. The molecule has 3 nitrogen and oxygen atoms in total. The summed E-state index contributed by atoms with van der Waals surface area (Å²) in [7, 11) is 0. The standard InChI is InChI=1S/C15H10Cl2N2O/c16-11-7-5-10(6-8-11)15-14(20)9-18-19(15)13-4-2-1-3-12(13)17/h1-9,20H. The van der Waals surface area contributed by atoms with E-state index in [1.165, 1.54) is 6.20 Å². The molecule has 0 aliphatic heterocycles. The van der Waals surface area contributed by atoms with Crippen LogP contribution in [0.25, 0.3) is 16.9 Å². The highest BCUT2D eigenvalue weighted by Crippen LogP contribution is 2.33. The van der Waals surface area contributed by atoms with Crippen molar-refractivity contribution in [3.63, 3.8) is 0 Å². The van der Waals surface area contributed by atoms with Crippen LogP contribution < -0.4 is 0 Å². The van der Waals surface area contributed by atoms with Gasteiger partial charge in [0, 0.05) is 10.6 Å². The first-order valence-electron chi connectivity index (χ1n) is 5.94. The number of benzene rings is 2. The van der Waals surface area contributed by atoms with Gasteiger partial charge >= 0.3 is 0 Å². The van der Waals surface area contributed by atoms with Crippen molar-refractivity contribution in [3.05, 3.63) is 64.8 Å². The predicted molar refractivity (Wildman–Crippen MR) is 80.7 cm³/mol. The highest BCUT2D eigenvalue weighted by molar-refractivity contribution is 6.32. The van der Waals surface area contributed by atoms with Crippen molar-refractivity contribution in [3.8, 4) is 22.7 Å². The lowest BCUT2D eigenvalue weighted by molar-refractivity contribution is 0.477. The number of aromatic nitrogens is 2. The Bertz CT molecular complexity index is 751. The van der Waals surface area contributed by atoms with E-state index in [4.69, 9.17) is 23.2 Å². The molecule has 0 unspecified atom stereocenters. The van der Waals surface area contributed by atoms with E-state index < -0.39 is 0 Å². The highest BCUT2D eigenvalue weighted by Gasteiger charge is 2.15. The Balaban J connectivity index is 2.20. The summed E-state index contributed by atoms with van der Waals surface area (Å²) in [6.45, 7) is 0. The van der Waals surface area contributed by atoms with E-state index in [1.807, 2.05) is 30.3 Å². The van der Waals surface area contributed by atoms with Crippen molar-refractivity contribution in [2.75, 3.05) is 0 Å². The molecule has 0 saturated heterocycles. The van der Waals surface area contributed by atoms with Crippen LogP contribution in [0.4, 0.5) is 0 Å². The van der Waals surface area contributed by atoms with Crippen molar-refractivity contribution in [1.29, 1.82) is 0 Å². The first kappa shape index (κ1) is 13.0. The Morgan fingerprint density at radius 2 is 1.65 bits per heavy atom. The van der Waals surface area contributed by atoms with E-state index in [-0.39, 0.29) is 5.75 Å². The minimum Gasteiger partial charge on any atom is -0.504 e. The van der Waals surface area contributed by atoms with Gasteiger partial charge in [-0.3, -0.25) is 0 Å². The first-order chi connectivity index (χ1) is 9.66. The maximum Gasteiger partial charge on any atom is 0.162 e. The lowest BCUT2D eigenvalue weighted by Crippen LogP contribution is -1.99. The zero-order chi connectivity index (χ0) is 14.1. The third kappa shape index (κ3) is 2.26. The third-order valence-corrected chi connectivity index (χ3v) is 3.52. The van der Waals surface area contributed by atoms with Gasteiger partial charge in [0.2, 0.25) is 0 Å². The number of para-hydroxylation sites is 1. The molecule has 0 amide bonds. The molecule has 0 fully saturated rings. The van der Waals surface area contributed by atoms with Gasteiger partial charge in [0.1, 0.15) is 5.69 Å². The molecule has 1 aromatic heterocycles. The smallest absolute Gasteiger partial charge is 0.162 e. The van der Waals surface area contributed by atoms with Gasteiger partial charge in [0.25, 0.3) is 0 Å². The quantitative estimate of drug-likeness (QED) is 0.754. The molecule has 0 bridgehead atoms. The molecule has 0 atom stereocenters. The Kier molecular flexibility index (Phi) is 3.38. The average molecular weight is 305 g/mol. The van der Waals surface area contributed by atoms with E-state index in [9.17, 15) is 5.11 Å². The molecule has 2 aromatic carbocycles. The fourth-order valence-corrected chi connectivity index (χ4v) is 2.37. The molecule has 0 saturated carbocycles. The Labute approximate surface area is 126 Å². The molecule has 0 spiro atoms. The number of nitrogens with zero attached hydrogens (tertiary/aromatic N) is 2. The van der Waals surface area contributed by atoms with Gasteiger partial charge in [0.15, 0.2) is 5.75 Å². The van der Waals surface area contributed by atoms with E-state index in [2.05, 4.69) is 5.10 Å². The van der Waals surface area contributed by atoms with Gasteiger partial charge in [-0.25, -0.2) is 4.68 Å². The monoisotopic (exact) mass is 304 g/mol. The van der Waals surface area contributed by atoms with Crippen molar-refractivity contribution in [2.45, 2.75) is 0 Å². The van der Waals surface area contributed by atoms with Gasteiger partial charge in [-0.15, -0.1) is 0 Å². The number of hydrogen-bond donors (Lipinski definition) is 1. The van der Waals surface area contributed by atoms with Crippen LogP contribution in [0.15, 0.2) is 54.7 Å². The van der Waals surface area contributed by atoms with Crippen molar-refractivity contribution in [2.24, 2.45) is 0 Å². The maximum absolute atomic E-state index is 10.0. The summed E-state index contributed by atoms with van der Waals surface area (Å²) in [6, 6.07) is 14.5. The Morgan fingerprint density at radius 3 is 2.35 bits per heavy atom. The van der Waals surface area contributed by atoms with Crippen molar-refractivity contribution in [1.82, 2.24) is 9.78 Å². The summed E-state index contributed by atoms with van der Waals surface area (Å²) < 4.78 is 1.61. The van der Waals surface area contributed by atoms with Crippen LogP contribution in [-0.2, 0) is 0 Å². The summed E-state index contributed by atoms with van der Waals surface area (Å²) in [4.78, 5) is 0. The summed E-state index contributed by atoms with van der Waals surface area (Å²) >= 11 is 12.1. The minimum atomic E-state index is 0.0900. The fourth-order valence-electron chi connectivity index (χ4n) is 2.02. The molecular formula is C15H10Cl2N2O. The highest BCUT2D eigenvalue weighted by atomic mass is 35.5. The Morgan fingerprint density at radius 1 is 0.950 bits per heavy atom.